The van der Waals surface area contributed by atoms with Crippen molar-refractivity contribution in [3.8, 4) is 0 Å². The van der Waals surface area contributed by atoms with E-state index in [9.17, 15) is 30.0 Å². The summed E-state index contributed by atoms with van der Waals surface area (Å²) in [6.45, 7) is 25.8. The van der Waals surface area contributed by atoms with E-state index in [1.54, 1.807) is 0 Å². The molecule has 0 aromatic heterocycles. The van der Waals surface area contributed by atoms with E-state index in [1.165, 1.54) is 32.1 Å². The van der Waals surface area contributed by atoms with Gasteiger partial charge in [0, 0.05) is 33.2 Å². The van der Waals surface area contributed by atoms with Crippen molar-refractivity contribution in [2.45, 2.75) is 239 Å². The lowest BCUT2D eigenvalue weighted by atomic mass is 9.38. The zero-order valence-corrected chi connectivity index (χ0v) is 39.5. The van der Waals surface area contributed by atoms with Gasteiger partial charge in [0.1, 0.15) is 10.8 Å². The first-order chi connectivity index (χ1) is 26.9. The lowest BCUT2D eigenvalue weighted by molar-refractivity contribution is -0.231. The number of hydrogen-bond donors (Lipinski definition) is 7. The highest BCUT2D eigenvalue weighted by Crippen LogP contribution is 2.68. The van der Waals surface area contributed by atoms with Gasteiger partial charge >= 0.3 is 23.9 Å². The van der Waals surface area contributed by atoms with Gasteiger partial charge in [-0.05, 0) is 146 Å². The number of hydrogen-bond acceptors (Lipinski definition) is 7. The summed E-state index contributed by atoms with van der Waals surface area (Å²) in [5.41, 5.74) is -9.08. The molecular weight excluding hydrogens is 747 g/mol. The highest BCUT2D eigenvalue weighted by atomic mass is 16.4. The number of nitrogens with one attached hydrogen (secondary N) is 3. The summed E-state index contributed by atoms with van der Waals surface area (Å²) in [6.07, 6.45) is 12.5. The van der Waals surface area contributed by atoms with Crippen LogP contribution in [0.25, 0.3) is 0 Å². The van der Waals surface area contributed by atoms with Crippen LogP contribution >= 0.6 is 0 Å². The molecule has 342 valence electrons. The maximum absolute atomic E-state index is 15.3. The Morgan fingerprint density at radius 3 is 1.08 bits per heavy atom. The van der Waals surface area contributed by atoms with Crippen molar-refractivity contribution >= 4 is 23.9 Å². The zero-order valence-electron chi connectivity index (χ0n) is 39.5. The van der Waals surface area contributed by atoms with Crippen molar-refractivity contribution in [3.63, 3.8) is 0 Å². The van der Waals surface area contributed by atoms with Crippen LogP contribution in [-0.2, 0) is 19.2 Å². The number of carboxylic acids is 4. The molecule has 3 saturated heterocycles. The van der Waals surface area contributed by atoms with E-state index in [2.05, 4.69) is 22.9 Å². The first-order valence-corrected chi connectivity index (χ1v) is 23.2. The molecule has 0 amide bonds. The van der Waals surface area contributed by atoms with E-state index >= 15 is 9.59 Å². The van der Waals surface area contributed by atoms with Gasteiger partial charge in [0.25, 0.3) is 0 Å². The van der Waals surface area contributed by atoms with Crippen LogP contribution in [0, 0.1) is 40.4 Å². The molecule has 4 unspecified atom stereocenters. The van der Waals surface area contributed by atoms with Crippen LogP contribution in [0.15, 0.2) is 0 Å². The molecule has 59 heavy (non-hydrogen) atoms. The maximum atomic E-state index is 15.3. The minimum absolute atomic E-state index is 0.0498. The summed E-state index contributed by atoms with van der Waals surface area (Å²) in [6, 6.07) is 0. The zero-order chi connectivity index (χ0) is 45.0. The maximum Gasteiger partial charge on any atom is 0.312 e. The molecule has 0 bridgehead atoms. The summed E-state index contributed by atoms with van der Waals surface area (Å²) in [5.74, 6) is -11.8. The van der Waals surface area contributed by atoms with Crippen molar-refractivity contribution < 1.29 is 39.6 Å². The Balaban J connectivity index is 2.42. The molecular formula is C48H87N3O8. The summed E-state index contributed by atoms with van der Waals surface area (Å²) in [5, 5.41) is 59.1. The molecule has 3 aliphatic heterocycles. The molecule has 0 radical (unpaired) electrons. The van der Waals surface area contributed by atoms with Crippen LogP contribution in [-0.4, -0.2) is 77.5 Å². The minimum Gasteiger partial charge on any atom is -0.481 e. The third-order valence-electron chi connectivity index (χ3n) is 14.5. The highest BCUT2D eigenvalue weighted by molar-refractivity contribution is 5.95. The van der Waals surface area contributed by atoms with Gasteiger partial charge in [-0.25, -0.2) is 0 Å². The van der Waals surface area contributed by atoms with Crippen molar-refractivity contribution in [3.05, 3.63) is 0 Å². The minimum atomic E-state index is -2.52. The fraction of sp³-hybridized carbons (Fsp3) is 0.917. The van der Waals surface area contributed by atoms with Crippen molar-refractivity contribution in [1.29, 1.82) is 0 Å². The van der Waals surface area contributed by atoms with E-state index in [0.717, 1.165) is 25.7 Å². The first-order valence-electron chi connectivity index (χ1n) is 23.2. The second-order valence-electron chi connectivity index (χ2n) is 23.4. The van der Waals surface area contributed by atoms with Crippen LogP contribution in [0.5, 0.6) is 0 Å². The Morgan fingerprint density at radius 1 is 0.475 bits per heavy atom. The lowest BCUT2D eigenvalue weighted by Gasteiger charge is -2.64. The molecule has 0 saturated carbocycles. The average Bonchev–Trinajstić information content (AvgIpc) is 3.00. The molecule has 0 aliphatic carbocycles. The molecule has 7 N–H and O–H groups in total. The van der Waals surface area contributed by atoms with Crippen LogP contribution in [0.2, 0.25) is 0 Å². The van der Waals surface area contributed by atoms with Gasteiger partial charge < -0.3 is 36.4 Å². The topological polar surface area (TPSA) is 185 Å². The standard InChI is InChI=1S/C48H87N3O8/c1-14-15-16-17-18-19-20-21-22-23-24-25-35(37(52)53)47(39(56)57,33-28-43(6,7)50-44(8,9)29-33)48(40(58)59,34-30-45(10,11)51-46(12,13)31-34)36(38(54)55)32-26-41(2,3)49-42(4,5)27-32/h32-36,49-51H,14-31H2,1-13H3,(H,52,53)(H,54,55)(H,56,57)(H,58,59). The van der Waals surface area contributed by atoms with Crippen LogP contribution in [0.4, 0.5) is 0 Å². The predicted molar refractivity (Wildman–Crippen MR) is 236 cm³/mol. The number of carboxylic acid groups (broad SMARTS) is 4. The quantitative estimate of drug-likeness (QED) is 0.0515. The van der Waals surface area contributed by atoms with Gasteiger partial charge in [-0.3, -0.25) is 19.2 Å². The van der Waals surface area contributed by atoms with Crippen LogP contribution in [0.3, 0.4) is 0 Å². The molecule has 3 rings (SSSR count). The van der Waals surface area contributed by atoms with E-state index in [-0.39, 0.29) is 44.9 Å². The largest absolute Gasteiger partial charge is 0.481 e. The van der Waals surface area contributed by atoms with Gasteiger partial charge in [0.05, 0.1) is 11.8 Å². The molecule has 3 fully saturated rings. The van der Waals surface area contributed by atoms with E-state index < -0.39 is 97.5 Å². The average molecular weight is 834 g/mol. The highest BCUT2D eigenvalue weighted by Gasteiger charge is 2.78. The Bertz CT molecular complexity index is 1420. The van der Waals surface area contributed by atoms with Crippen molar-refractivity contribution in [2.75, 3.05) is 0 Å². The second kappa shape index (κ2) is 19.0. The van der Waals surface area contributed by atoms with Gasteiger partial charge in [-0.1, -0.05) is 77.6 Å². The summed E-state index contributed by atoms with van der Waals surface area (Å²) in [4.78, 5) is 59.3. The fourth-order valence-corrected chi connectivity index (χ4v) is 14.0. The normalized spacial score (nSPS) is 25.8. The molecule has 3 aliphatic rings. The van der Waals surface area contributed by atoms with Gasteiger partial charge in [-0.2, -0.15) is 0 Å². The Morgan fingerprint density at radius 2 is 0.780 bits per heavy atom. The fourth-order valence-electron chi connectivity index (χ4n) is 14.0. The number of unbranched alkanes of at least 4 members (excludes halogenated alkanes) is 10. The first kappa shape index (κ1) is 51.1. The van der Waals surface area contributed by atoms with Crippen LogP contribution < -0.4 is 16.0 Å². The third kappa shape index (κ3) is 12.0. The summed E-state index contributed by atoms with van der Waals surface area (Å²) in [7, 11) is 0. The monoisotopic (exact) mass is 834 g/mol. The molecule has 0 aromatic rings. The molecule has 0 spiro atoms. The number of aliphatic carboxylic acids is 4. The molecule has 11 heteroatoms. The molecule has 0 aromatic carbocycles. The predicted octanol–water partition coefficient (Wildman–Crippen LogP) is 9.90. The van der Waals surface area contributed by atoms with E-state index in [1.807, 2.05) is 83.1 Å². The molecule has 11 nitrogen and oxygen atoms in total. The second-order valence-corrected chi connectivity index (χ2v) is 23.4. The van der Waals surface area contributed by atoms with E-state index in [4.69, 9.17) is 0 Å². The molecule has 4 atom stereocenters. The number of carbonyl (C=O) groups is 4. The Kier molecular flexibility index (Phi) is 16.5. The lowest BCUT2D eigenvalue weighted by Crippen LogP contribution is -2.75. The SMILES string of the molecule is CCCCCCCCCCCCCC(C(=O)O)C(C(=O)O)(C1CC(C)(C)NC(C)(C)C1)C(C(=O)O)(C1CC(C)(C)NC(C)(C)C1)C(C(=O)O)C1CC(C)(C)NC(C)(C)C1. The third-order valence-corrected chi connectivity index (χ3v) is 14.5. The van der Waals surface area contributed by atoms with Crippen molar-refractivity contribution in [2.24, 2.45) is 40.4 Å². The summed E-state index contributed by atoms with van der Waals surface area (Å²) < 4.78 is 0. The van der Waals surface area contributed by atoms with Gasteiger partial charge in [0.2, 0.25) is 0 Å². The Hall–Kier alpha value is -2.24. The van der Waals surface area contributed by atoms with Gasteiger partial charge in [-0.15, -0.1) is 0 Å². The summed E-state index contributed by atoms with van der Waals surface area (Å²) >= 11 is 0. The smallest absolute Gasteiger partial charge is 0.312 e. The van der Waals surface area contributed by atoms with Crippen molar-refractivity contribution in [1.82, 2.24) is 16.0 Å². The number of rotatable bonds is 22. The van der Waals surface area contributed by atoms with E-state index in [0.29, 0.717) is 12.8 Å². The van der Waals surface area contributed by atoms with Crippen LogP contribution in [0.1, 0.15) is 206 Å². The Labute approximate surface area is 357 Å². The van der Waals surface area contributed by atoms with Gasteiger partial charge in [0.15, 0.2) is 0 Å². The number of piperidine rings is 3. The molecule has 3 heterocycles.